The molecule has 1 atom stereocenters. The number of anilines is 2. The van der Waals surface area contributed by atoms with Gasteiger partial charge in [-0.25, -0.2) is 9.37 Å². The van der Waals surface area contributed by atoms with Crippen molar-refractivity contribution < 1.29 is 9.50 Å². The van der Waals surface area contributed by atoms with E-state index in [0.29, 0.717) is 28.5 Å². The van der Waals surface area contributed by atoms with Crippen molar-refractivity contribution in [1.29, 1.82) is 5.41 Å². The molecular formula is C22H24FN5O. The summed E-state index contributed by atoms with van der Waals surface area (Å²) in [7, 11) is 0. The van der Waals surface area contributed by atoms with E-state index in [-0.39, 0.29) is 18.2 Å². The fourth-order valence-corrected chi connectivity index (χ4v) is 3.07. The van der Waals surface area contributed by atoms with E-state index < -0.39 is 5.82 Å². The average molecular weight is 393 g/mol. The van der Waals surface area contributed by atoms with Gasteiger partial charge in [0, 0.05) is 17.8 Å². The molecule has 2 heterocycles. The summed E-state index contributed by atoms with van der Waals surface area (Å²) in [4.78, 5) is 8.87. The number of aromatic nitrogens is 2. The zero-order chi connectivity index (χ0) is 20.8. The molecule has 2 aromatic heterocycles. The lowest BCUT2D eigenvalue weighted by Gasteiger charge is -2.14. The lowest BCUT2D eigenvalue weighted by Crippen LogP contribution is -2.11. The first kappa shape index (κ1) is 20.6. The van der Waals surface area contributed by atoms with Crippen LogP contribution in [0.4, 0.5) is 15.9 Å². The third-order valence-corrected chi connectivity index (χ3v) is 4.55. The van der Waals surface area contributed by atoms with E-state index in [0.717, 1.165) is 24.8 Å². The molecule has 0 radical (unpaired) electrons. The van der Waals surface area contributed by atoms with Crippen molar-refractivity contribution in [3.63, 3.8) is 0 Å². The highest BCUT2D eigenvalue weighted by atomic mass is 19.1. The highest BCUT2D eigenvalue weighted by Gasteiger charge is 2.14. The highest BCUT2D eigenvalue weighted by molar-refractivity contribution is 5.89. The lowest BCUT2D eigenvalue weighted by molar-refractivity contribution is 0.277. The third-order valence-electron chi connectivity index (χ3n) is 4.55. The smallest absolute Gasteiger partial charge is 0.134 e. The Morgan fingerprint density at radius 2 is 2.00 bits per heavy atom. The molecule has 0 fully saturated rings. The van der Waals surface area contributed by atoms with Gasteiger partial charge in [0.15, 0.2) is 0 Å². The molecule has 29 heavy (non-hydrogen) atoms. The topological polar surface area (TPSA) is 108 Å². The number of nitrogens with zero attached hydrogens (tertiary/aromatic N) is 2. The minimum Gasteiger partial charge on any atom is -0.390 e. The molecule has 0 saturated heterocycles. The Labute approximate surface area is 169 Å². The third kappa shape index (κ3) is 4.82. The predicted molar refractivity (Wildman–Crippen MR) is 113 cm³/mol. The Hall–Kier alpha value is -3.16. The molecule has 1 aromatic carbocycles. The Bertz CT molecular complexity index is 1010. The number of halogens is 1. The fourth-order valence-electron chi connectivity index (χ4n) is 3.07. The van der Waals surface area contributed by atoms with E-state index in [1.807, 2.05) is 12.1 Å². The van der Waals surface area contributed by atoms with Crippen LogP contribution in [0.25, 0.3) is 11.3 Å². The highest BCUT2D eigenvalue weighted by Crippen LogP contribution is 2.29. The van der Waals surface area contributed by atoms with Crippen LogP contribution in [0.5, 0.6) is 0 Å². The normalized spacial score (nSPS) is 11.9. The molecular weight excluding hydrogens is 369 g/mol. The lowest BCUT2D eigenvalue weighted by atomic mass is 10.0. The van der Waals surface area contributed by atoms with E-state index >= 15 is 0 Å². The average Bonchev–Trinajstić information content (AvgIpc) is 2.74. The number of aliphatic hydroxyl groups excluding tert-OH is 1. The van der Waals surface area contributed by atoms with Gasteiger partial charge in [-0.15, -0.1) is 0 Å². The summed E-state index contributed by atoms with van der Waals surface area (Å²) < 4.78 is 14.7. The van der Waals surface area contributed by atoms with Crippen molar-refractivity contribution in [1.82, 2.24) is 9.97 Å². The summed E-state index contributed by atoms with van der Waals surface area (Å²) in [6, 6.07) is 13.6. The first-order valence-corrected chi connectivity index (χ1v) is 9.46. The van der Waals surface area contributed by atoms with E-state index in [1.165, 1.54) is 6.07 Å². The molecule has 0 unspecified atom stereocenters. The quantitative estimate of drug-likeness (QED) is 0.426. The number of pyridine rings is 2. The van der Waals surface area contributed by atoms with Gasteiger partial charge in [-0.2, -0.15) is 0 Å². The van der Waals surface area contributed by atoms with Gasteiger partial charge >= 0.3 is 0 Å². The number of aliphatic hydroxyl groups is 1. The van der Waals surface area contributed by atoms with Crippen molar-refractivity contribution in [2.45, 2.75) is 32.4 Å². The Kier molecular flexibility index (Phi) is 6.64. The second kappa shape index (κ2) is 9.36. The molecule has 7 heteroatoms. The van der Waals surface area contributed by atoms with Crippen molar-refractivity contribution in [3.05, 3.63) is 71.3 Å². The van der Waals surface area contributed by atoms with Crippen molar-refractivity contribution >= 4 is 17.7 Å². The standard InChI is InChI=1S/C22H24FN5O/c1-2-5-18(25)20-8-4-7-19(27-20)14-10-17(23)16(12-24)21(11-14)28-22-9-3-6-15(13-29)26-22/h3-4,6-12,18,24,29H,2,5,13,25H2,1H3,(H,26,28)/t18-/m0/s1. The molecule has 0 spiro atoms. The van der Waals surface area contributed by atoms with Crippen LogP contribution in [-0.2, 0) is 6.61 Å². The van der Waals surface area contributed by atoms with Gasteiger partial charge < -0.3 is 21.6 Å². The summed E-state index contributed by atoms with van der Waals surface area (Å²) >= 11 is 0. The Morgan fingerprint density at radius 1 is 1.21 bits per heavy atom. The fraction of sp³-hybridized carbons (Fsp3) is 0.227. The van der Waals surface area contributed by atoms with Crippen LogP contribution in [-0.4, -0.2) is 21.3 Å². The number of rotatable bonds is 8. The van der Waals surface area contributed by atoms with Gasteiger partial charge in [-0.05, 0) is 42.8 Å². The second-order valence-electron chi connectivity index (χ2n) is 6.70. The molecule has 150 valence electrons. The van der Waals surface area contributed by atoms with Crippen LogP contribution in [0.15, 0.2) is 48.5 Å². The number of nitrogens with two attached hydrogens (primary N) is 1. The number of hydrogen-bond donors (Lipinski definition) is 4. The maximum absolute atomic E-state index is 14.7. The number of hydrogen-bond acceptors (Lipinski definition) is 6. The predicted octanol–water partition coefficient (Wildman–Crippen LogP) is 4.32. The van der Waals surface area contributed by atoms with Crippen LogP contribution in [0.1, 0.15) is 42.8 Å². The monoisotopic (exact) mass is 393 g/mol. The molecule has 0 aliphatic carbocycles. The molecule has 0 aliphatic rings. The summed E-state index contributed by atoms with van der Waals surface area (Å²) in [5, 5.41) is 19.9. The Balaban J connectivity index is 2.01. The van der Waals surface area contributed by atoms with Crippen molar-refractivity contribution in [2.75, 3.05) is 5.32 Å². The van der Waals surface area contributed by atoms with Crippen LogP contribution in [0.2, 0.25) is 0 Å². The van der Waals surface area contributed by atoms with Crippen molar-refractivity contribution in [2.24, 2.45) is 5.73 Å². The van der Waals surface area contributed by atoms with Gasteiger partial charge in [0.05, 0.1) is 34.9 Å². The van der Waals surface area contributed by atoms with Crippen LogP contribution in [0, 0.1) is 11.2 Å². The van der Waals surface area contributed by atoms with Crippen molar-refractivity contribution in [3.8, 4) is 11.3 Å². The maximum atomic E-state index is 14.7. The molecule has 3 aromatic rings. The summed E-state index contributed by atoms with van der Waals surface area (Å²) in [6.07, 6.45) is 2.72. The minimum atomic E-state index is -0.539. The SMILES string of the molecule is CCC[C@H](N)c1cccc(-c2cc(F)c(C=N)c(Nc3cccc(CO)n3)c2)n1. The minimum absolute atomic E-state index is 0.115. The van der Waals surface area contributed by atoms with Crippen LogP contribution >= 0.6 is 0 Å². The zero-order valence-electron chi connectivity index (χ0n) is 16.2. The van der Waals surface area contributed by atoms with E-state index in [2.05, 4.69) is 22.2 Å². The molecule has 5 N–H and O–H groups in total. The van der Waals surface area contributed by atoms with Crippen LogP contribution in [0.3, 0.4) is 0 Å². The molecule has 0 amide bonds. The number of nitrogens with one attached hydrogen (secondary N) is 2. The first-order valence-electron chi connectivity index (χ1n) is 9.46. The summed E-state index contributed by atoms with van der Waals surface area (Å²) in [5.41, 5.74) is 9.10. The van der Waals surface area contributed by atoms with Gasteiger partial charge in [-0.1, -0.05) is 25.5 Å². The van der Waals surface area contributed by atoms with Gasteiger partial charge in [0.25, 0.3) is 0 Å². The molecule has 6 nitrogen and oxygen atoms in total. The van der Waals surface area contributed by atoms with E-state index in [9.17, 15) is 9.50 Å². The van der Waals surface area contributed by atoms with Crippen LogP contribution < -0.4 is 11.1 Å². The zero-order valence-corrected chi connectivity index (χ0v) is 16.2. The van der Waals surface area contributed by atoms with Gasteiger partial charge in [-0.3, -0.25) is 4.98 Å². The molecule has 0 bridgehead atoms. The largest absolute Gasteiger partial charge is 0.390 e. The second-order valence-corrected chi connectivity index (χ2v) is 6.70. The number of benzene rings is 1. The van der Waals surface area contributed by atoms with E-state index in [1.54, 1.807) is 30.3 Å². The molecule has 3 rings (SSSR count). The Morgan fingerprint density at radius 3 is 2.72 bits per heavy atom. The summed E-state index contributed by atoms with van der Waals surface area (Å²) in [5.74, 6) is -0.0914. The maximum Gasteiger partial charge on any atom is 0.134 e. The first-order chi connectivity index (χ1) is 14.0. The molecule has 0 aliphatic heterocycles. The van der Waals surface area contributed by atoms with E-state index in [4.69, 9.17) is 11.1 Å². The van der Waals surface area contributed by atoms with Gasteiger partial charge in [0.1, 0.15) is 11.6 Å². The summed E-state index contributed by atoms with van der Waals surface area (Å²) in [6.45, 7) is 1.86. The molecule has 0 saturated carbocycles. The van der Waals surface area contributed by atoms with Gasteiger partial charge in [0.2, 0.25) is 0 Å².